The van der Waals surface area contributed by atoms with E-state index in [9.17, 15) is 17.6 Å². The third-order valence-corrected chi connectivity index (χ3v) is 2.72. The van der Waals surface area contributed by atoms with Crippen LogP contribution in [0.3, 0.4) is 0 Å². The first-order valence-corrected chi connectivity index (χ1v) is 6.38. The van der Waals surface area contributed by atoms with Crippen molar-refractivity contribution in [3.63, 3.8) is 0 Å². The molecule has 0 aliphatic rings. The molecule has 114 valence electrons. The quantitative estimate of drug-likeness (QED) is 0.767. The second-order valence-electron chi connectivity index (χ2n) is 4.90. The lowest BCUT2D eigenvalue weighted by Gasteiger charge is -2.20. The van der Waals surface area contributed by atoms with Gasteiger partial charge in [-0.25, -0.2) is 8.78 Å². The molecule has 2 nitrogen and oxygen atoms in total. The number of benzene rings is 1. The molecular weight excluding hydrogens is 274 g/mol. The van der Waals surface area contributed by atoms with Gasteiger partial charge >= 0.3 is 12.3 Å². The molecule has 6 heteroatoms. The lowest BCUT2D eigenvalue weighted by Crippen LogP contribution is -2.39. The average molecular weight is 293 g/mol. The van der Waals surface area contributed by atoms with E-state index >= 15 is 0 Å². The molecule has 0 radical (unpaired) electrons. The maximum atomic E-state index is 12.8. The van der Waals surface area contributed by atoms with Gasteiger partial charge in [0.2, 0.25) is 0 Å². The van der Waals surface area contributed by atoms with E-state index in [0.29, 0.717) is 5.75 Å². The summed E-state index contributed by atoms with van der Waals surface area (Å²) in [7, 11) is 0. The molecule has 0 saturated heterocycles. The highest BCUT2D eigenvalue weighted by molar-refractivity contribution is 5.29. The fourth-order valence-electron chi connectivity index (χ4n) is 1.59. The first kappa shape index (κ1) is 16.8. The van der Waals surface area contributed by atoms with Gasteiger partial charge in [0.25, 0.3) is 0 Å². The number of halogens is 4. The molecule has 1 aromatic carbocycles. The molecule has 1 unspecified atom stereocenters. The lowest BCUT2D eigenvalue weighted by atomic mass is 10.1. The van der Waals surface area contributed by atoms with Gasteiger partial charge in [-0.2, -0.15) is 8.78 Å². The molecule has 0 aliphatic heterocycles. The van der Waals surface area contributed by atoms with Gasteiger partial charge in [0, 0.05) is 6.04 Å². The number of rotatable bonds is 7. The average Bonchev–Trinajstić information content (AvgIpc) is 2.36. The van der Waals surface area contributed by atoms with Crippen LogP contribution in [0.15, 0.2) is 24.3 Å². The highest BCUT2D eigenvalue weighted by atomic mass is 19.3. The van der Waals surface area contributed by atoms with Gasteiger partial charge in [-0.1, -0.05) is 12.1 Å². The number of hydrogen-bond donors (Lipinski definition) is 1. The summed E-state index contributed by atoms with van der Waals surface area (Å²) >= 11 is 0. The Kier molecular flexibility index (Phi) is 5.80. The second-order valence-corrected chi connectivity index (χ2v) is 4.90. The van der Waals surface area contributed by atoms with Crippen LogP contribution >= 0.6 is 0 Å². The summed E-state index contributed by atoms with van der Waals surface area (Å²) in [5, 5.41) is 2.41. The molecule has 1 rings (SSSR count). The molecule has 0 spiro atoms. The Bertz CT molecular complexity index is 406. The van der Waals surface area contributed by atoms with Gasteiger partial charge < -0.3 is 10.1 Å². The van der Waals surface area contributed by atoms with Crippen LogP contribution in [0.4, 0.5) is 17.6 Å². The van der Waals surface area contributed by atoms with Crippen molar-refractivity contribution < 1.29 is 22.3 Å². The SMILES string of the molecule is CC(C)Oc1ccc(C(C)NCC(F)(F)C(F)F)cc1. The normalized spacial score (nSPS) is 13.8. The molecule has 0 heterocycles. The van der Waals surface area contributed by atoms with E-state index in [1.54, 1.807) is 31.2 Å². The highest BCUT2D eigenvalue weighted by Gasteiger charge is 2.40. The molecule has 1 atom stereocenters. The highest BCUT2D eigenvalue weighted by Crippen LogP contribution is 2.24. The van der Waals surface area contributed by atoms with Crippen LogP contribution in [0.1, 0.15) is 32.4 Å². The smallest absolute Gasteiger partial charge is 0.319 e. The van der Waals surface area contributed by atoms with Crippen LogP contribution < -0.4 is 10.1 Å². The fourth-order valence-corrected chi connectivity index (χ4v) is 1.59. The van der Waals surface area contributed by atoms with Crippen LogP contribution in [0, 0.1) is 0 Å². The summed E-state index contributed by atoms with van der Waals surface area (Å²) in [6.07, 6.45) is -3.62. The molecule has 0 aromatic heterocycles. The van der Waals surface area contributed by atoms with Crippen molar-refractivity contribution in [2.45, 2.75) is 45.3 Å². The van der Waals surface area contributed by atoms with E-state index in [1.807, 2.05) is 13.8 Å². The monoisotopic (exact) mass is 293 g/mol. The van der Waals surface area contributed by atoms with Crippen LogP contribution in [-0.4, -0.2) is 25.0 Å². The number of alkyl halides is 4. The van der Waals surface area contributed by atoms with Gasteiger partial charge in [0.05, 0.1) is 12.6 Å². The predicted molar refractivity (Wildman–Crippen MR) is 69.6 cm³/mol. The zero-order valence-electron chi connectivity index (χ0n) is 11.7. The Hall–Kier alpha value is -1.30. The third-order valence-electron chi connectivity index (χ3n) is 2.72. The van der Waals surface area contributed by atoms with Gasteiger partial charge in [0.15, 0.2) is 0 Å². The van der Waals surface area contributed by atoms with Gasteiger partial charge in [-0.3, -0.25) is 0 Å². The van der Waals surface area contributed by atoms with Crippen molar-refractivity contribution in [2.75, 3.05) is 6.54 Å². The van der Waals surface area contributed by atoms with E-state index in [-0.39, 0.29) is 6.10 Å². The molecule has 0 bridgehead atoms. The maximum Gasteiger partial charge on any atom is 0.319 e. The first-order chi connectivity index (χ1) is 9.22. The summed E-state index contributed by atoms with van der Waals surface area (Å²) in [4.78, 5) is 0. The van der Waals surface area contributed by atoms with E-state index in [2.05, 4.69) is 5.32 Å². The summed E-state index contributed by atoms with van der Waals surface area (Å²) in [6.45, 7) is 4.37. The van der Waals surface area contributed by atoms with E-state index in [1.165, 1.54) is 0 Å². The van der Waals surface area contributed by atoms with Crippen molar-refractivity contribution in [1.82, 2.24) is 5.32 Å². The van der Waals surface area contributed by atoms with Crippen molar-refractivity contribution in [3.8, 4) is 5.75 Å². The van der Waals surface area contributed by atoms with Crippen molar-refractivity contribution >= 4 is 0 Å². The minimum Gasteiger partial charge on any atom is -0.491 e. The fraction of sp³-hybridized carbons (Fsp3) is 0.571. The summed E-state index contributed by atoms with van der Waals surface area (Å²) in [5.74, 6) is -3.34. The zero-order chi connectivity index (χ0) is 15.3. The minimum absolute atomic E-state index is 0.0427. The van der Waals surface area contributed by atoms with Crippen LogP contribution in [0.2, 0.25) is 0 Å². The first-order valence-electron chi connectivity index (χ1n) is 6.38. The standard InChI is InChI=1S/C14H19F4NO/c1-9(2)20-12-6-4-11(5-7-12)10(3)19-8-14(17,18)13(15)16/h4-7,9-10,13,19H,8H2,1-3H3. The lowest BCUT2D eigenvalue weighted by molar-refractivity contribution is -0.126. The Balaban J connectivity index is 2.57. The largest absolute Gasteiger partial charge is 0.491 e. The number of hydrogen-bond acceptors (Lipinski definition) is 2. The Morgan fingerprint density at radius 1 is 1.10 bits per heavy atom. The van der Waals surface area contributed by atoms with Crippen molar-refractivity contribution in [2.24, 2.45) is 0 Å². The molecule has 0 amide bonds. The van der Waals surface area contributed by atoms with Gasteiger partial charge in [0.1, 0.15) is 5.75 Å². The molecule has 1 aromatic rings. The van der Waals surface area contributed by atoms with Gasteiger partial charge in [-0.05, 0) is 38.5 Å². The zero-order valence-corrected chi connectivity index (χ0v) is 11.7. The Morgan fingerprint density at radius 2 is 1.65 bits per heavy atom. The summed E-state index contributed by atoms with van der Waals surface area (Å²) in [5.41, 5.74) is 0.728. The Morgan fingerprint density at radius 3 is 2.10 bits per heavy atom. The molecule has 0 aliphatic carbocycles. The number of ether oxygens (including phenoxy) is 1. The minimum atomic E-state index is -4.02. The van der Waals surface area contributed by atoms with Crippen molar-refractivity contribution in [1.29, 1.82) is 0 Å². The van der Waals surface area contributed by atoms with Crippen LogP contribution in [0.25, 0.3) is 0 Å². The molecule has 20 heavy (non-hydrogen) atoms. The second kappa shape index (κ2) is 6.92. The van der Waals surface area contributed by atoms with Crippen LogP contribution in [0.5, 0.6) is 5.75 Å². The molecule has 0 fully saturated rings. The molecule has 1 N–H and O–H groups in total. The maximum absolute atomic E-state index is 12.8. The van der Waals surface area contributed by atoms with Gasteiger partial charge in [-0.15, -0.1) is 0 Å². The Labute approximate surface area is 116 Å². The number of nitrogens with one attached hydrogen (secondary N) is 1. The van der Waals surface area contributed by atoms with Crippen molar-refractivity contribution in [3.05, 3.63) is 29.8 Å². The van der Waals surface area contributed by atoms with E-state index < -0.39 is 24.9 Å². The van der Waals surface area contributed by atoms with Crippen LogP contribution in [-0.2, 0) is 0 Å². The predicted octanol–water partition coefficient (Wildman–Crippen LogP) is 4.02. The summed E-state index contributed by atoms with van der Waals surface area (Å²) in [6, 6.07) is 6.43. The molecule has 0 saturated carbocycles. The van der Waals surface area contributed by atoms with E-state index in [4.69, 9.17) is 4.74 Å². The van der Waals surface area contributed by atoms with E-state index in [0.717, 1.165) is 5.56 Å². The summed E-state index contributed by atoms with van der Waals surface area (Å²) < 4.78 is 55.1. The molecular formula is C14H19F4NO. The third kappa shape index (κ3) is 5.00. The topological polar surface area (TPSA) is 21.3 Å².